The maximum atomic E-state index is 12.8. The largest absolute Gasteiger partial charge is 0.404 e. The second-order valence-corrected chi connectivity index (χ2v) is 6.23. The number of amides is 1. The molecule has 3 aromatic rings. The van der Waals surface area contributed by atoms with E-state index in [9.17, 15) is 15.0 Å². The average Bonchev–Trinajstić information content (AvgIpc) is 3.19. The maximum Gasteiger partial charge on any atom is 0.274 e. The van der Waals surface area contributed by atoms with Crippen molar-refractivity contribution in [3.63, 3.8) is 0 Å². The lowest BCUT2D eigenvalue weighted by Crippen LogP contribution is -2.18. The van der Waals surface area contributed by atoms with Crippen LogP contribution in [0.5, 0.6) is 0 Å². The smallest absolute Gasteiger partial charge is 0.274 e. The fraction of sp³-hybridized carbons (Fsp3) is 0.150. The summed E-state index contributed by atoms with van der Waals surface area (Å²) in [4.78, 5) is 21.3. The number of nitrogens with two attached hydrogens (primary N) is 1. The van der Waals surface area contributed by atoms with Gasteiger partial charge in [-0.15, -0.1) is 0 Å². The quantitative estimate of drug-likeness (QED) is 0.349. The molecule has 0 saturated carbocycles. The normalized spacial score (nSPS) is 11.5. The molecular formula is C20H21N7O3. The summed E-state index contributed by atoms with van der Waals surface area (Å²) in [5, 5.41) is 33.5. The fourth-order valence-electron chi connectivity index (χ4n) is 2.70. The van der Waals surface area contributed by atoms with Gasteiger partial charge in [0.2, 0.25) is 0 Å². The molecule has 30 heavy (non-hydrogen) atoms. The number of aliphatic hydroxyl groups excluding tert-OH is 2. The zero-order valence-electron chi connectivity index (χ0n) is 15.9. The summed E-state index contributed by atoms with van der Waals surface area (Å²) in [5.74, 6) is -0.500. The monoisotopic (exact) mass is 407 g/mol. The molecule has 0 fully saturated rings. The number of pyridine rings is 2. The van der Waals surface area contributed by atoms with E-state index in [0.717, 1.165) is 6.21 Å². The van der Waals surface area contributed by atoms with Crippen LogP contribution in [0.1, 0.15) is 22.2 Å². The van der Waals surface area contributed by atoms with Crippen LogP contribution in [0, 0.1) is 5.41 Å². The molecule has 154 valence electrons. The third-order valence-corrected chi connectivity index (χ3v) is 4.30. The molecule has 6 N–H and O–H groups in total. The number of allylic oxidation sites excluding steroid dienone is 1. The van der Waals surface area contributed by atoms with E-state index in [1.807, 2.05) is 0 Å². The lowest BCUT2D eigenvalue weighted by atomic mass is 10.2. The van der Waals surface area contributed by atoms with E-state index in [2.05, 4.69) is 20.4 Å². The summed E-state index contributed by atoms with van der Waals surface area (Å²) in [6.45, 7) is -0.650. The van der Waals surface area contributed by atoms with Crippen LogP contribution in [0.2, 0.25) is 0 Å². The van der Waals surface area contributed by atoms with Crippen LogP contribution >= 0.6 is 0 Å². The molecule has 0 spiro atoms. The van der Waals surface area contributed by atoms with Crippen LogP contribution in [0.3, 0.4) is 0 Å². The van der Waals surface area contributed by atoms with Crippen molar-refractivity contribution < 1.29 is 15.0 Å². The Morgan fingerprint density at radius 2 is 1.97 bits per heavy atom. The van der Waals surface area contributed by atoms with E-state index >= 15 is 0 Å². The van der Waals surface area contributed by atoms with Gasteiger partial charge in [-0.05, 0) is 24.3 Å². The van der Waals surface area contributed by atoms with Crippen molar-refractivity contribution in [3.8, 4) is 11.4 Å². The molecule has 0 unspecified atom stereocenters. The van der Waals surface area contributed by atoms with Gasteiger partial charge in [-0.3, -0.25) is 14.5 Å². The molecule has 0 aliphatic rings. The minimum atomic E-state index is -0.663. The van der Waals surface area contributed by atoms with Crippen molar-refractivity contribution in [2.75, 3.05) is 18.5 Å². The van der Waals surface area contributed by atoms with Gasteiger partial charge in [-0.2, -0.15) is 5.10 Å². The highest BCUT2D eigenvalue weighted by atomic mass is 16.3. The van der Waals surface area contributed by atoms with E-state index in [4.69, 9.17) is 11.1 Å². The van der Waals surface area contributed by atoms with Crippen LogP contribution in [0.4, 0.5) is 5.69 Å². The summed E-state index contributed by atoms with van der Waals surface area (Å²) >= 11 is 0. The summed E-state index contributed by atoms with van der Waals surface area (Å²) in [5.41, 5.74) is 7.62. The maximum absolute atomic E-state index is 12.8. The minimum absolute atomic E-state index is 0.120. The van der Waals surface area contributed by atoms with Crippen molar-refractivity contribution in [1.29, 1.82) is 5.41 Å². The number of carbonyl (C=O) groups is 1. The van der Waals surface area contributed by atoms with E-state index in [1.165, 1.54) is 23.1 Å². The minimum Gasteiger partial charge on any atom is -0.404 e. The Balaban J connectivity index is 1.96. The molecule has 0 aliphatic heterocycles. The number of aromatic nitrogens is 4. The molecule has 0 aromatic carbocycles. The van der Waals surface area contributed by atoms with Gasteiger partial charge in [0.1, 0.15) is 11.4 Å². The first kappa shape index (κ1) is 20.8. The Morgan fingerprint density at radius 1 is 1.20 bits per heavy atom. The highest BCUT2D eigenvalue weighted by Gasteiger charge is 2.20. The van der Waals surface area contributed by atoms with Gasteiger partial charge in [-0.25, -0.2) is 4.98 Å². The van der Waals surface area contributed by atoms with Gasteiger partial charge in [0.25, 0.3) is 5.91 Å². The standard InChI is InChI=1S/C20H21N7O3/c21-8-13(9-22)15-5-3-6-17(24-15)20(30)25-18-10-27(14(11-28)12-29)26-19(18)16-4-1-2-7-23-16/h1-10,14,21,28-29H,11-12,22H2,(H,25,30)/b13-9+,21-8?. The van der Waals surface area contributed by atoms with Gasteiger partial charge < -0.3 is 26.7 Å². The summed E-state index contributed by atoms with van der Waals surface area (Å²) in [7, 11) is 0. The molecule has 3 heterocycles. The molecule has 1 amide bonds. The molecular weight excluding hydrogens is 386 g/mol. The van der Waals surface area contributed by atoms with E-state index in [-0.39, 0.29) is 18.9 Å². The SMILES string of the molecule is N=C/C(=C\N)c1cccc(C(=O)Nc2cn(C(CO)CO)nc2-c2ccccn2)n1. The number of hydrogen-bond acceptors (Lipinski definition) is 8. The van der Waals surface area contributed by atoms with Crippen LogP contribution in [-0.2, 0) is 0 Å². The van der Waals surface area contributed by atoms with Gasteiger partial charge in [0.05, 0.1) is 36.3 Å². The molecule has 0 aliphatic carbocycles. The third-order valence-electron chi connectivity index (χ3n) is 4.30. The van der Waals surface area contributed by atoms with Gasteiger partial charge >= 0.3 is 0 Å². The predicted molar refractivity (Wildman–Crippen MR) is 112 cm³/mol. The van der Waals surface area contributed by atoms with Crippen LogP contribution in [-0.4, -0.2) is 55.3 Å². The Hall–Kier alpha value is -3.89. The number of rotatable bonds is 8. The number of hydrogen-bond donors (Lipinski definition) is 5. The Kier molecular flexibility index (Phi) is 6.63. The molecule has 10 nitrogen and oxygen atoms in total. The van der Waals surface area contributed by atoms with Crippen molar-refractivity contribution >= 4 is 23.4 Å². The third kappa shape index (κ3) is 4.40. The van der Waals surface area contributed by atoms with Crippen molar-refractivity contribution in [1.82, 2.24) is 19.7 Å². The number of anilines is 1. The van der Waals surface area contributed by atoms with Crippen LogP contribution in [0.25, 0.3) is 17.0 Å². The zero-order valence-corrected chi connectivity index (χ0v) is 15.9. The fourth-order valence-corrected chi connectivity index (χ4v) is 2.70. The molecule has 3 aromatic heterocycles. The topological polar surface area (TPSA) is 163 Å². The number of nitrogens with zero attached hydrogens (tertiary/aromatic N) is 4. The molecule has 10 heteroatoms. The molecule has 0 atom stereocenters. The van der Waals surface area contributed by atoms with Crippen LogP contribution in [0.15, 0.2) is 55.0 Å². The molecule has 0 bridgehead atoms. The van der Waals surface area contributed by atoms with Gasteiger partial charge in [0, 0.05) is 30.4 Å². The van der Waals surface area contributed by atoms with E-state index in [1.54, 1.807) is 36.5 Å². The summed E-state index contributed by atoms with van der Waals surface area (Å²) < 4.78 is 1.38. The van der Waals surface area contributed by atoms with Gasteiger partial charge in [-0.1, -0.05) is 12.1 Å². The molecule has 3 rings (SSSR count). The second-order valence-electron chi connectivity index (χ2n) is 6.23. The first-order valence-corrected chi connectivity index (χ1v) is 9.04. The van der Waals surface area contributed by atoms with Gasteiger partial charge in [0.15, 0.2) is 0 Å². The van der Waals surface area contributed by atoms with Crippen molar-refractivity contribution in [2.24, 2.45) is 5.73 Å². The Morgan fingerprint density at radius 3 is 2.60 bits per heavy atom. The number of aliphatic hydroxyl groups is 2. The van der Waals surface area contributed by atoms with Crippen molar-refractivity contribution in [3.05, 3.63) is 66.4 Å². The summed E-state index contributed by atoms with van der Waals surface area (Å²) in [6.07, 6.45) is 5.41. The average molecular weight is 407 g/mol. The highest BCUT2D eigenvalue weighted by Crippen LogP contribution is 2.26. The summed E-state index contributed by atoms with van der Waals surface area (Å²) in [6, 6.07) is 9.42. The Bertz CT molecular complexity index is 1060. The number of nitrogens with one attached hydrogen (secondary N) is 2. The first-order chi connectivity index (χ1) is 14.6. The van der Waals surface area contributed by atoms with E-state index < -0.39 is 11.9 Å². The van der Waals surface area contributed by atoms with Crippen LogP contribution < -0.4 is 11.1 Å². The first-order valence-electron chi connectivity index (χ1n) is 9.04. The lowest BCUT2D eigenvalue weighted by Gasteiger charge is -2.10. The second kappa shape index (κ2) is 9.54. The molecule has 0 radical (unpaired) electrons. The molecule has 0 saturated heterocycles. The van der Waals surface area contributed by atoms with E-state index in [0.29, 0.717) is 28.3 Å². The zero-order chi connectivity index (χ0) is 21.5. The lowest BCUT2D eigenvalue weighted by molar-refractivity contribution is 0.102. The highest BCUT2D eigenvalue weighted by molar-refractivity contribution is 6.08. The van der Waals surface area contributed by atoms with Crippen molar-refractivity contribution in [2.45, 2.75) is 6.04 Å². The predicted octanol–water partition coefficient (Wildman–Crippen LogP) is 1.07. The number of carbonyl (C=O) groups excluding carboxylic acids is 1. The Labute approximate surface area is 172 Å².